The number of aromatic nitrogens is 10. The monoisotopic (exact) mass is 804 g/mol. The van der Waals surface area contributed by atoms with E-state index in [-0.39, 0.29) is 34.4 Å². The Morgan fingerprint density at radius 1 is 0.625 bits per heavy atom. The lowest BCUT2D eigenvalue weighted by Crippen LogP contribution is -2.39. The van der Waals surface area contributed by atoms with Gasteiger partial charge in [-0.1, -0.05) is 52.4 Å². The van der Waals surface area contributed by atoms with E-state index in [4.69, 9.17) is 0 Å². The minimum Gasteiger partial charge on any atom is -0.345 e. The molecule has 0 spiro atoms. The lowest BCUT2D eigenvalue weighted by molar-refractivity contribution is 0.449. The summed E-state index contributed by atoms with van der Waals surface area (Å²) in [5.41, 5.74) is 4.99. The summed E-state index contributed by atoms with van der Waals surface area (Å²) in [6.45, 7) is 4.34. The van der Waals surface area contributed by atoms with Gasteiger partial charge in [0.15, 0.2) is 22.6 Å². The maximum absolute atomic E-state index is 12.8. The number of hydrogen-bond donors (Lipinski definition) is 4. The van der Waals surface area contributed by atoms with E-state index in [1.54, 1.807) is 12.4 Å². The van der Waals surface area contributed by atoms with Gasteiger partial charge >= 0.3 is 0 Å². The highest BCUT2D eigenvalue weighted by molar-refractivity contribution is 7.90. The Kier molecular flexibility index (Phi) is 10.1. The number of rotatable bonds is 10. The summed E-state index contributed by atoms with van der Waals surface area (Å²) in [5.74, 6) is 2.94. The predicted octanol–water partition coefficient (Wildman–Crippen LogP) is 5.48. The van der Waals surface area contributed by atoms with Crippen molar-refractivity contribution in [2.45, 2.75) is 138 Å². The molecule has 4 saturated carbocycles. The molecule has 18 heteroatoms. The first kappa shape index (κ1) is 37.6. The molecular formula is C38H52N12O4S2. The van der Waals surface area contributed by atoms with Crippen molar-refractivity contribution in [2.75, 3.05) is 0 Å². The summed E-state index contributed by atoms with van der Waals surface area (Å²) < 4.78 is 61.3. The van der Waals surface area contributed by atoms with Gasteiger partial charge in [-0.15, -0.1) is 20.4 Å². The number of sulfonamides is 2. The Balaban J connectivity index is 0.000000146. The minimum absolute atomic E-state index is 0.0311. The van der Waals surface area contributed by atoms with Gasteiger partial charge in [0.25, 0.3) is 0 Å². The normalized spacial score (nSPS) is 26.7. The minimum atomic E-state index is -3.24. The van der Waals surface area contributed by atoms with Crippen LogP contribution in [0.4, 0.5) is 0 Å². The van der Waals surface area contributed by atoms with Crippen LogP contribution in [0.1, 0.15) is 127 Å². The lowest BCUT2D eigenvalue weighted by Gasteiger charge is -2.17. The van der Waals surface area contributed by atoms with E-state index >= 15 is 0 Å². The fourth-order valence-electron chi connectivity index (χ4n) is 10.3. The van der Waals surface area contributed by atoms with Crippen molar-refractivity contribution in [1.29, 1.82) is 0 Å². The second-order valence-electron chi connectivity index (χ2n) is 16.5. The van der Waals surface area contributed by atoms with E-state index in [0.29, 0.717) is 11.8 Å². The summed E-state index contributed by atoms with van der Waals surface area (Å²) in [4.78, 5) is 15.0. The quantitative estimate of drug-likeness (QED) is 0.137. The molecule has 0 aromatic carbocycles. The molecule has 0 saturated heterocycles. The Labute approximate surface area is 326 Å². The smallest absolute Gasteiger partial charge is 0.214 e. The van der Waals surface area contributed by atoms with Crippen LogP contribution in [0.3, 0.4) is 0 Å². The third kappa shape index (κ3) is 6.89. The number of nitrogens with one attached hydrogen (secondary N) is 4. The number of fused-ring (bicyclic) bond motifs is 6. The first-order valence-electron chi connectivity index (χ1n) is 20.5. The zero-order chi connectivity index (χ0) is 38.6. The number of H-pyrrole nitrogens is 2. The van der Waals surface area contributed by atoms with E-state index in [1.165, 1.54) is 0 Å². The Morgan fingerprint density at radius 2 is 1.04 bits per heavy atom. The molecule has 6 heterocycles. The van der Waals surface area contributed by atoms with E-state index < -0.39 is 20.0 Å². The second-order valence-corrected chi connectivity index (χ2v) is 20.5. The first-order valence-corrected chi connectivity index (χ1v) is 23.6. The van der Waals surface area contributed by atoms with Gasteiger partial charge in [-0.3, -0.25) is 8.80 Å². The summed E-state index contributed by atoms with van der Waals surface area (Å²) >= 11 is 0. The van der Waals surface area contributed by atoms with E-state index in [0.717, 1.165) is 135 Å². The van der Waals surface area contributed by atoms with E-state index in [9.17, 15) is 16.8 Å². The maximum atomic E-state index is 12.8. The number of hydrogen-bond acceptors (Lipinski definition) is 10. The summed E-state index contributed by atoms with van der Waals surface area (Å²) in [5, 5.41) is 17.2. The fourth-order valence-corrected chi connectivity index (χ4v) is 13.9. The van der Waals surface area contributed by atoms with Crippen LogP contribution in [-0.4, -0.2) is 88.6 Å². The number of nitrogens with zero attached hydrogens (tertiary/aromatic N) is 8. The zero-order valence-electron chi connectivity index (χ0n) is 32.0. The Hall–Kier alpha value is -4.00. The molecule has 6 atom stereocenters. The molecule has 6 aromatic rings. The van der Waals surface area contributed by atoms with Crippen LogP contribution in [-0.2, 0) is 20.0 Å². The van der Waals surface area contributed by atoms with Crippen LogP contribution < -0.4 is 9.44 Å². The van der Waals surface area contributed by atoms with Crippen LogP contribution in [0, 0.1) is 11.8 Å². The topological polar surface area (TPSA) is 210 Å². The summed E-state index contributed by atoms with van der Waals surface area (Å²) in [7, 11) is -6.49. The second kappa shape index (κ2) is 15.1. The molecule has 10 rings (SSSR count). The molecule has 4 N–H and O–H groups in total. The molecule has 300 valence electrons. The van der Waals surface area contributed by atoms with Crippen molar-refractivity contribution in [3.05, 3.63) is 48.6 Å². The molecule has 56 heavy (non-hydrogen) atoms. The third-order valence-corrected chi connectivity index (χ3v) is 17.2. The molecule has 4 aliphatic rings. The van der Waals surface area contributed by atoms with Crippen molar-refractivity contribution >= 4 is 53.7 Å². The van der Waals surface area contributed by atoms with Crippen LogP contribution in [0.25, 0.3) is 33.6 Å². The van der Waals surface area contributed by atoms with Crippen molar-refractivity contribution < 1.29 is 16.8 Å². The summed E-state index contributed by atoms with van der Waals surface area (Å²) in [6.07, 6.45) is 19.6. The van der Waals surface area contributed by atoms with Crippen molar-refractivity contribution in [2.24, 2.45) is 11.8 Å². The highest BCUT2D eigenvalue weighted by Gasteiger charge is 2.42. The van der Waals surface area contributed by atoms with Gasteiger partial charge in [-0.05, 0) is 75.3 Å². The van der Waals surface area contributed by atoms with Crippen molar-refractivity contribution in [3.63, 3.8) is 0 Å². The van der Waals surface area contributed by atoms with Gasteiger partial charge in [0.1, 0.15) is 11.6 Å². The number of aromatic amines is 2. The lowest BCUT2D eigenvalue weighted by atomic mass is 9.93. The Bertz CT molecular complexity index is 2370. The molecule has 0 aliphatic heterocycles. The molecule has 4 aliphatic carbocycles. The van der Waals surface area contributed by atoms with Crippen molar-refractivity contribution in [1.82, 2.24) is 58.6 Å². The van der Waals surface area contributed by atoms with Crippen LogP contribution in [0.2, 0.25) is 0 Å². The predicted molar refractivity (Wildman–Crippen MR) is 213 cm³/mol. The largest absolute Gasteiger partial charge is 0.345 e. The maximum Gasteiger partial charge on any atom is 0.214 e. The molecular weight excluding hydrogens is 753 g/mol. The highest BCUT2D eigenvalue weighted by atomic mass is 32.2. The molecule has 4 fully saturated rings. The standard InChI is InChI=1S/2C19H26N6O2S/c2*1-2-12-9-13(24-28(26,27)14-5-3-4-6-14)10-15(12)19-23-22-17-11-21-18-16(25(17)19)7-8-20-18/h2*7-8,11-15,20,24H,2-6,9-10H2,1H3/t2*12-,13+,15-/m10/s1. The van der Waals surface area contributed by atoms with Gasteiger partial charge in [-0.25, -0.2) is 36.2 Å². The average molecular weight is 805 g/mol. The first-order chi connectivity index (χ1) is 27.1. The molecule has 16 nitrogen and oxygen atoms in total. The van der Waals surface area contributed by atoms with Crippen LogP contribution in [0.15, 0.2) is 36.9 Å². The Morgan fingerprint density at radius 3 is 1.43 bits per heavy atom. The molecule has 6 aromatic heterocycles. The zero-order valence-corrected chi connectivity index (χ0v) is 33.6. The average Bonchev–Trinajstić information content (AvgIpc) is 4.02. The van der Waals surface area contributed by atoms with Gasteiger partial charge in [0, 0.05) is 36.3 Å². The SMILES string of the molecule is CC[C@@H]1C[C@H](NS(=O)(=O)C2CCCC2)C[C@H]1c1nnc2cnc3[nH]ccc3n12.CC[C@H]1C[C@@H](NS(=O)(=O)C2CCCC2)C[C@@H]1c1nnc2cnc3[nH]ccc3n12. The van der Waals surface area contributed by atoms with Crippen LogP contribution in [0.5, 0.6) is 0 Å². The third-order valence-electron chi connectivity index (χ3n) is 13.2. The molecule has 0 unspecified atom stereocenters. The van der Waals surface area contributed by atoms with Crippen LogP contribution >= 0.6 is 0 Å². The van der Waals surface area contributed by atoms with Crippen molar-refractivity contribution in [3.8, 4) is 0 Å². The van der Waals surface area contributed by atoms with E-state index in [1.807, 2.05) is 24.5 Å². The van der Waals surface area contributed by atoms with Gasteiger partial charge in [-0.2, -0.15) is 0 Å². The van der Waals surface area contributed by atoms with Gasteiger partial charge in [0.2, 0.25) is 20.0 Å². The fraction of sp³-hybridized carbons (Fsp3) is 0.632. The van der Waals surface area contributed by atoms with Gasteiger partial charge in [0.05, 0.1) is 33.9 Å². The molecule has 0 radical (unpaired) electrons. The summed E-state index contributed by atoms with van der Waals surface area (Å²) in [6, 6.07) is 3.91. The molecule has 0 bridgehead atoms. The highest BCUT2D eigenvalue weighted by Crippen LogP contribution is 2.43. The van der Waals surface area contributed by atoms with E-state index in [2.05, 4.69) is 72.4 Å². The van der Waals surface area contributed by atoms with Gasteiger partial charge < -0.3 is 9.97 Å². The molecule has 0 amide bonds.